The molecule has 5 atom stereocenters. The van der Waals surface area contributed by atoms with Crippen LogP contribution >= 0.6 is 0 Å². The minimum atomic E-state index is -4.20. The van der Waals surface area contributed by atoms with Crippen LogP contribution in [0.15, 0.2) is 0 Å². The van der Waals surface area contributed by atoms with Gasteiger partial charge in [0.15, 0.2) is 12.4 Å². The van der Waals surface area contributed by atoms with Crippen molar-refractivity contribution in [3.8, 4) is 0 Å². The van der Waals surface area contributed by atoms with Crippen LogP contribution in [-0.2, 0) is 47.6 Å². The molecule has 0 aromatic heterocycles. The molecule has 5 unspecified atom stereocenters. The van der Waals surface area contributed by atoms with Crippen LogP contribution in [0.3, 0.4) is 0 Å². The summed E-state index contributed by atoms with van der Waals surface area (Å²) in [5.41, 5.74) is 0. The van der Waals surface area contributed by atoms with E-state index in [1.165, 1.54) is 0 Å². The Labute approximate surface area is 139 Å². The van der Waals surface area contributed by atoms with Gasteiger partial charge in [-0.3, -0.25) is 12.5 Å². The molecule has 0 aromatic rings. The third-order valence-corrected chi connectivity index (χ3v) is 4.36. The van der Waals surface area contributed by atoms with E-state index in [9.17, 15) is 35.5 Å². The lowest BCUT2D eigenvalue weighted by molar-refractivity contribution is -0.273. The summed E-state index contributed by atoms with van der Waals surface area (Å²) >= 11 is 0. The average Bonchev–Trinajstić information content (AvgIpc) is 2.32. The van der Waals surface area contributed by atoms with Crippen LogP contribution in [0.4, 0.5) is 0 Å². The van der Waals surface area contributed by atoms with Crippen LogP contribution in [0, 0.1) is 0 Å². The first-order valence-electron chi connectivity index (χ1n) is 6.21. The quantitative estimate of drug-likeness (QED) is 0.397. The maximum Gasteiger partial charge on any atom is 0.264 e. The van der Waals surface area contributed by atoms with Gasteiger partial charge < -0.3 is 14.9 Å². The second-order valence-electron chi connectivity index (χ2n) is 5.07. The van der Waals surface area contributed by atoms with Gasteiger partial charge in [0.25, 0.3) is 30.4 Å². The number of ether oxygens (including phenoxy) is 1. The van der Waals surface area contributed by atoms with Gasteiger partial charge in [0.2, 0.25) is 0 Å². The second kappa shape index (κ2) is 7.46. The summed E-state index contributed by atoms with van der Waals surface area (Å²) in [6.45, 7) is -0.772. The van der Waals surface area contributed by atoms with Crippen molar-refractivity contribution in [3.63, 3.8) is 0 Å². The van der Waals surface area contributed by atoms with E-state index in [2.05, 4.69) is 12.5 Å². The monoisotopic (exact) mass is 414 g/mol. The Morgan fingerprint density at radius 1 is 0.833 bits per heavy atom. The molecule has 12 nitrogen and oxygen atoms in total. The van der Waals surface area contributed by atoms with Gasteiger partial charge in [-0.15, -0.1) is 0 Å². The van der Waals surface area contributed by atoms with Crippen LogP contribution in [0.1, 0.15) is 0 Å². The van der Waals surface area contributed by atoms with E-state index in [4.69, 9.17) is 4.74 Å². The lowest BCUT2D eigenvalue weighted by Crippen LogP contribution is -2.61. The topological polar surface area (TPSA) is 180 Å². The van der Waals surface area contributed by atoms with Crippen LogP contribution in [-0.4, -0.2) is 91.5 Å². The van der Waals surface area contributed by atoms with Crippen molar-refractivity contribution in [1.82, 2.24) is 0 Å². The molecule has 0 saturated carbocycles. The summed E-state index contributed by atoms with van der Waals surface area (Å²) < 4.78 is 85.3. The van der Waals surface area contributed by atoms with Gasteiger partial charge in [0, 0.05) is 0 Å². The highest BCUT2D eigenvalue weighted by atomic mass is 32.2. The number of aliphatic hydroxyl groups is 2. The minimum absolute atomic E-state index is 0.626. The maximum absolute atomic E-state index is 11.3. The fraction of sp³-hybridized carbons (Fsp3) is 1.00. The van der Waals surface area contributed by atoms with Crippen molar-refractivity contribution in [2.75, 3.05) is 25.4 Å². The minimum Gasteiger partial charge on any atom is -0.387 e. The molecule has 1 heterocycles. The zero-order chi connectivity index (χ0) is 18.9. The van der Waals surface area contributed by atoms with Crippen LogP contribution < -0.4 is 0 Å². The Balaban J connectivity index is 3.08. The lowest BCUT2D eigenvalue weighted by Gasteiger charge is -2.40. The fourth-order valence-corrected chi connectivity index (χ4v) is 3.47. The Morgan fingerprint density at radius 2 is 1.29 bits per heavy atom. The van der Waals surface area contributed by atoms with E-state index in [0.29, 0.717) is 12.5 Å². The van der Waals surface area contributed by atoms with Gasteiger partial charge in [-0.05, 0) is 0 Å². The van der Waals surface area contributed by atoms with Crippen molar-refractivity contribution in [3.05, 3.63) is 0 Å². The number of hydrogen-bond acceptors (Lipinski definition) is 12. The van der Waals surface area contributed by atoms with Crippen molar-refractivity contribution >= 4 is 30.4 Å². The van der Waals surface area contributed by atoms with Crippen molar-refractivity contribution in [2.24, 2.45) is 0 Å². The smallest absolute Gasteiger partial charge is 0.264 e. The molecule has 0 bridgehead atoms. The molecule has 15 heteroatoms. The van der Waals surface area contributed by atoms with Gasteiger partial charge in [0.1, 0.15) is 18.3 Å². The van der Waals surface area contributed by atoms with Crippen molar-refractivity contribution in [1.29, 1.82) is 0 Å². The van der Waals surface area contributed by atoms with Crippen LogP contribution in [0.5, 0.6) is 0 Å². The zero-order valence-electron chi connectivity index (χ0n) is 12.8. The third-order valence-electron chi connectivity index (χ3n) is 2.65. The SMILES string of the molecule is CS(=O)(=O)OCC1OC(O)C(OS(C)(=O)=O)C(OS(C)(=O)=O)C1O. The van der Waals surface area contributed by atoms with Gasteiger partial charge in [0.05, 0.1) is 25.4 Å². The first-order valence-corrected chi connectivity index (χ1v) is 11.7. The molecule has 144 valence electrons. The Morgan fingerprint density at radius 3 is 1.71 bits per heavy atom. The summed E-state index contributed by atoms with van der Waals surface area (Å²) in [6, 6.07) is 0. The van der Waals surface area contributed by atoms with Crippen molar-refractivity contribution in [2.45, 2.75) is 30.7 Å². The summed E-state index contributed by atoms with van der Waals surface area (Å²) in [5, 5.41) is 19.9. The Bertz CT molecular complexity index is 739. The molecule has 1 aliphatic rings. The molecule has 0 aliphatic carbocycles. The highest BCUT2D eigenvalue weighted by Gasteiger charge is 2.49. The van der Waals surface area contributed by atoms with Crippen molar-refractivity contribution < 1.29 is 52.8 Å². The zero-order valence-corrected chi connectivity index (χ0v) is 15.2. The summed E-state index contributed by atoms with van der Waals surface area (Å²) in [6.07, 6.45) is -7.26. The maximum atomic E-state index is 11.3. The van der Waals surface area contributed by atoms with Crippen LogP contribution in [0.25, 0.3) is 0 Å². The normalized spacial score (nSPS) is 32.6. The molecule has 0 spiro atoms. The van der Waals surface area contributed by atoms with E-state index in [1.807, 2.05) is 0 Å². The van der Waals surface area contributed by atoms with E-state index in [1.54, 1.807) is 0 Å². The lowest BCUT2D eigenvalue weighted by atomic mass is 9.99. The highest BCUT2D eigenvalue weighted by Crippen LogP contribution is 2.27. The molecular weight excluding hydrogens is 396 g/mol. The molecule has 1 fully saturated rings. The molecular formula is C9H18O12S3. The molecule has 0 radical (unpaired) electrons. The molecule has 0 amide bonds. The molecule has 0 aromatic carbocycles. The molecule has 2 N–H and O–H groups in total. The number of hydrogen-bond donors (Lipinski definition) is 2. The predicted octanol–water partition coefficient (Wildman–Crippen LogP) is -3.27. The number of aliphatic hydroxyl groups excluding tert-OH is 2. The van der Waals surface area contributed by atoms with E-state index in [-0.39, 0.29) is 0 Å². The predicted molar refractivity (Wildman–Crippen MR) is 77.1 cm³/mol. The Kier molecular flexibility index (Phi) is 6.73. The molecule has 1 rings (SSSR count). The van der Waals surface area contributed by atoms with E-state index < -0.39 is 67.7 Å². The van der Waals surface area contributed by atoms with Gasteiger partial charge >= 0.3 is 0 Å². The number of rotatable bonds is 7. The van der Waals surface area contributed by atoms with Crippen LogP contribution in [0.2, 0.25) is 0 Å². The van der Waals surface area contributed by atoms with Gasteiger partial charge in [-0.1, -0.05) is 0 Å². The third kappa shape index (κ3) is 7.24. The standard InChI is InChI=1S/C9H18O12S3/c1-22(12,13)18-4-5-6(10)7(20-23(2,14)15)8(9(11)19-5)21-24(3,16)17/h5-11H,4H2,1-3H3. The molecule has 1 aliphatic heterocycles. The molecule has 24 heavy (non-hydrogen) atoms. The summed E-state index contributed by atoms with van der Waals surface area (Å²) in [7, 11) is -12.3. The molecule has 1 saturated heterocycles. The van der Waals surface area contributed by atoms with Gasteiger partial charge in [-0.25, -0.2) is 0 Å². The first-order chi connectivity index (χ1) is 10.6. The largest absolute Gasteiger partial charge is 0.387 e. The van der Waals surface area contributed by atoms with E-state index >= 15 is 0 Å². The summed E-state index contributed by atoms with van der Waals surface area (Å²) in [4.78, 5) is 0. The summed E-state index contributed by atoms with van der Waals surface area (Å²) in [5.74, 6) is 0. The Hall–Kier alpha value is -0.390. The van der Waals surface area contributed by atoms with E-state index in [0.717, 1.165) is 6.26 Å². The van der Waals surface area contributed by atoms with Gasteiger partial charge in [-0.2, -0.15) is 25.3 Å². The highest BCUT2D eigenvalue weighted by molar-refractivity contribution is 7.86. The first kappa shape index (κ1) is 21.7. The fourth-order valence-electron chi connectivity index (χ4n) is 1.85. The average molecular weight is 414 g/mol. The second-order valence-corrected chi connectivity index (χ2v) is 9.92.